The second kappa shape index (κ2) is 9.56. The summed E-state index contributed by atoms with van der Waals surface area (Å²) in [4.78, 5) is 4.45. The molecule has 12 heteroatoms. The van der Waals surface area contributed by atoms with Crippen LogP contribution in [0.2, 0.25) is 0 Å². The summed E-state index contributed by atoms with van der Waals surface area (Å²) in [5, 5.41) is 19.6. The van der Waals surface area contributed by atoms with E-state index in [0.717, 1.165) is 0 Å². The van der Waals surface area contributed by atoms with Crippen molar-refractivity contribution in [1.29, 1.82) is 0 Å². The largest absolute Gasteiger partial charge is 0.421 e. The lowest BCUT2D eigenvalue weighted by atomic mass is 9.95. The summed E-state index contributed by atoms with van der Waals surface area (Å²) in [7, 11) is -3.80. The number of aliphatic hydroxyl groups is 2. The zero-order chi connectivity index (χ0) is 25.6. The van der Waals surface area contributed by atoms with E-state index in [1.807, 2.05) is 9.80 Å². The molecule has 2 aliphatic heterocycles. The molecule has 0 aromatic heterocycles. The zero-order valence-electron chi connectivity index (χ0n) is 19.1. The minimum absolute atomic E-state index is 0.119. The number of aliphatic hydroxyl groups excluding tert-OH is 1. The van der Waals surface area contributed by atoms with Crippen molar-refractivity contribution in [1.82, 2.24) is 9.21 Å². The first-order chi connectivity index (χ1) is 16.3. The van der Waals surface area contributed by atoms with Crippen LogP contribution in [0, 0.1) is 0 Å². The van der Waals surface area contributed by atoms with Gasteiger partial charge in [0, 0.05) is 49.9 Å². The van der Waals surface area contributed by atoms with Crippen molar-refractivity contribution < 1.29 is 31.8 Å². The van der Waals surface area contributed by atoms with Gasteiger partial charge in [0.05, 0.1) is 17.0 Å². The summed E-state index contributed by atoms with van der Waals surface area (Å²) in [5.41, 5.74) is -2.63. The molecule has 2 unspecified atom stereocenters. The van der Waals surface area contributed by atoms with E-state index in [1.54, 1.807) is 18.2 Å². The molecular weight excluding hydrogens is 503 g/mol. The van der Waals surface area contributed by atoms with Crippen LogP contribution >= 0.6 is 12.6 Å². The van der Waals surface area contributed by atoms with Gasteiger partial charge in [0.15, 0.2) is 5.60 Å². The molecule has 2 aliphatic rings. The lowest BCUT2D eigenvalue weighted by Gasteiger charge is -2.46. The molecule has 0 spiro atoms. The van der Waals surface area contributed by atoms with E-state index in [9.17, 15) is 31.8 Å². The molecule has 0 bridgehead atoms. The number of hydrogen-bond donors (Lipinski definition) is 3. The molecule has 35 heavy (non-hydrogen) atoms. The van der Waals surface area contributed by atoms with E-state index in [0.29, 0.717) is 43.7 Å². The fourth-order valence-electron chi connectivity index (χ4n) is 4.49. The molecule has 0 saturated carbocycles. The third kappa shape index (κ3) is 5.18. The Kier molecular flexibility index (Phi) is 7.17. The van der Waals surface area contributed by atoms with Crippen LogP contribution in [0.5, 0.6) is 0 Å². The van der Waals surface area contributed by atoms with Gasteiger partial charge >= 0.3 is 6.18 Å². The Morgan fingerprint density at radius 2 is 1.66 bits per heavy atom. The van der Waals surface area contributed by atoms with E-state index in [2.05, 4.69) is 12.6 Å². The maximum atomic E-state index is 13.3. The molecule has 0 amide bonds. The van der Waals surface area contributed by atoms with Crippen molar-refractivity contribution in [3.63, 3.8) is 0 Å². The SMILES string of the molecule is CC(O)(c1ccc(N2CCN(S(=O)(=O)c3ccccc3S)CC2CN2CC(O)C2)cc1)C(F)(F)F. The highest BCUT2D eigenvalue weighted by molar-refractivity contribution is 7.90. The van der Waals surface area contributed by atoms with E-state index in [-0.39, 0.29) is 29.6 Å². The molecule has 2 aromatic rings. The van der Waals surface area contributed by atoms with Gasteiger partial charge in [-0.25, -0.2) is 8.42 Å². The molecule has 4 rings (SSSR count). The third-order valence-corrected chi connectivity index (χ3v) is 9.11. The third-order valence-electron chi connectivity index (χ3n) is 6.65. The fourth-order valence-corrected chi connectivity index (χ4v) is 6.54. The van der Waals surface area contributed by atoms with Crippen LogP contribution in [-0.2, 0) is 15.6 Å². The number of piperazine rings is 1. The number of sulfonamides is 1. The Morgan fingerprint density at radius 1 is 1.03 bits per heavy atom. The van der Waals surface area contributed by atoms with E-state index in [4.69, 9.17) is 0 Å². The van der Waals surface area contributed by atoms with Crippen LogP contribution in [0.15, 0.2) is 58.3 Å². The molecule has 2 heterocycles. The van der Waals surface area contributed by atoms with Crippen LogP contribution in [0.25, 0.3) is 0 Å². The fraction of sp³-hybridized carbons (Fsp3) is 0.478. The van der Waals surface area contributed by atoms with Gasteiger partial charge < -0.3 is 15.1 Å². The van der Waals surface area contributed by atoms with Crippen molar-refractivity contribution in [2.75, 3.05) is 44.2 Å². The second-order valence-electron chi connectivity index (χ2n) is 9.17. The van der Waals surface area contributed by atoms with Gasteiger partial charge in [-0.05, 0) is 36.8 Å². The number of nitrogens with zero attached hydrogens (tertiary/aromatic N) is 3. The molecule has 2 fully saturated rings. The highest BCUT2D eigenvalue weighted by Crippen LogP contribution is 2.39. The standard InChI is InChI=1S/C23H28F3N3O4S2/c1-22(31,23(24,25)26)16-6-8-17(9-7-16)29-11-10-28(13-18(29)12-27-14-19(30)15-27)35(32,33)21-5-3-2-4-20(21)34/h2-9,18-19,30-31,34H,10-15H2,1H3. The van der Waals surface area contributed by atoms with Crippen molar-refractivity contribution >= 4 is 28.3 Å². The number of β-amino-alcohol motifs (C(OH)–C–C–N with tert-alkyl or cyclic N) is 1. The molecular formula is C23H28F3N3O4S2. The van der Waals surface area contributed by atoms with E-state index in [1.165, 1.54) is 34.6 Å². The molecule has 192 valence electrons. The minimum atomic E-state index is -4.82. The van der Waals surface area contributed by atoms with Crippen LogP contribution in [0.4, 0.5) is 18.9 Å². The summed E-state index contributed by atoms with van der Waals surface area (Å²) in [6, 6.07) is 11.7. The molecule has 0 radical (unpaired) electrons. The molecule has 2 saturated heterocycles. The monoisotopic (exact) mass is 531 g/mol. The zero-order valence-corrected chi connectivity index (χ0v) is 20.8. The van der Waals surface area contributed by atoms with E-state index < -0.39 is 27.9 Å². The van der Waals surface area contributed by atoms with Crippen LogP contribution < -0.4 is 4.90 Å². The number of halogens is 3. The Morgan fingerprint density at radius 3 is 2.23 bits per heavy atom. The molecule has 2 aromatic carbocycles. The maximum Gasteiger partial charge on any atom is 0.421 e. The number of anilines is 1. The summed E-state index contributed by atoms with van der Waals surface area (Å²) in [5.74, 6) is 0. The number of hydrogen-bond acceptors (Lipinski definition) is 7. The second-order valence-corrected chi connectivity index (χ2v) is 11.6. The molecule has 2 N–H and O–H groups in total. The van der Waals surface area contributed by atoms with Gasteiger partial charge in [-0.3, -0.25) is 4.90 Å². The van der Waals surface area contributed by atoms with Crippen LogP contribution in [0.3, 0.4) is 0 Å². The smallest absolute Gasteiger partial charge is 0.390 e. The maximum absolute atomic E-state index is 13.3. The average molecular weight is 532 g/mol. The van der Waals surface area contributed by atoms with Gasteiger partial charge in [-0.1, -0.05) is 24.3 Å². The summed E-state index contributed by atoms with van der Waals surface area (Å²) in [6.07, 6.45) is -5.25. The topological polar surface area (TPSA) is 84.3 Å². The van der Waals surface area contributed by atoms with Crippen LogP contribution in [0.1, 0.15) is 12.5 Å². The van der Waals surface area contributed by atoms with Crippen molar-refractivity contribution in [2.24, 2.45) is 0 Å². The Hall–Kier alpha value is -1.83. The van der Waals surface area contributed by atoms with Crippen molar-refractivity contribution in [3.8, 4) is 0 Å². The molecule has 2 atom stereocenters. The van der Waals surface area contributed by atoms with Gasteiger partial charge in [0.2, 0.25) is 10.0 Å². The normalized spacial score (nSPS) is 22.6. The Balaban J connectivity index is 1.59. The first-order valence-corrected chi connectivity index (χ1v) is 13.0. The van der Waals surface area contributed by atoms with Gasteiger partial charge in [0.25, 0.3) is 0 Å². The number of alkyl halides is 3. The predicted octanol–water partition coefficient (Wildman–Crippen LogP) is 2.30. The number of benzene rings is 2. The van der Waals surface area contributed by atoms with Crippen molar-refractivity contribution in [2.45, 2.75) is 40.6 Å². The minimum Gasteiger partial charge on any atom is -0.390 e. The van der Waals surface area contributed by atoms with Gasteiger partial charge in [0.1, 0.15) is 0 Å². The van der Waals surface area contributed by atoms with Crippen molar-refractivity contribution in [3.05, 3.63) is 54.1 Å². The number of thiol groups is 1. The first kappa shape index (κ1) is 26.2. The number of likely N-dealkylation sites (tertiary alicyclic amines) is 1. The Bertz CT molecular complexity index is 1150. The van der Waals surface area contributed by atoms with Gasteiger partial charge in [-0.2, -0.15) is 17.5 Å². The Labute approximate surface area is 208 Å². The summed E-state index contributed by atoms with van der Waals surface area (Å²) in [6.45, 7) is 2.82. The van der Waals surface area contributed by atoms with Crippen LogP contribution in [-0.4, -0.2) is 85.4 Å². The first-order valence-electron chi connectivity index (χ1n) is 11.2. The summed E-state index contributed by atoms with van der Waals surface area (Å²) < 4.78 is 67.8. The average Bonchev–Trinajstić information content (AvgIpc) is 2.77. The lowest BCUT2D eigenvalue weighted by molar-refractivity contribution is -0.258. The quantitative estimate of drug-likeness (QED) is 0.497. The number of rotatable bonds is 6. The molecule has 7 nitrogen and oxygen atoms in total. The van der Waals surface area contributed by atoms with E-state index >= 15 is 0 Å². The van der Waals surface area contributed by atoms with Gasteiger partial charge in [-0.15, -0.1) is 12.6 Å². The summed E-state index contributed by atoms with van der Waals surface area (Å²) >= 11 is 4.30. The molecule has 0 aliphatic carbocycles. The highest BCUT2D eigenvalue weighted by atomic mass is 32.2. The lowest BCUT2D eigenvalue weighted by Crippen LogP contribution is -2.62. The predicted molar refractivity (Wildman–Crippen MR) is 128 cm³/mol. The highest BCUT2D eigenvalue weighted by Gasteiger charge is 2.51.